The molecular weight excluding hydrogens is 280 g/mol. The van der Waals surface area contributed by atoms with Gasteiger partial charge in [-0.2, -0.15) is 0 Å². The third-order valence-corrected chi connectivity index (χ3v) is 4.36. The first kappa shape index (κ1) is 14.8. The van der Waals surface area contributed by atoms with Crippen molar-refractivity contribution in [3.63, 3.8) is 0 Å². The van der Waals surface area contributed by atoms with E-state index in [-0.39, 0.29) is 0 Å². The van der Waals surface area contributed by atoms with Gasteiger partial charge in [-0.15, -0.1) is 0 Å². The molecule has 1 unspecified atom stereocenters. The van der Waals surface area contributed by atoms with E-state index in [2.05, 4.69) is 28.7 Å². The normalized spacial score (nSPS) is 19.2. The topological polar surface area (TPSA) is 84.2 Å². The first-order chi connectivity index (χ1) is 10.5. The van der Waals surface area contributed by atoms with E-state index in [1.165, 1.54) is 0 Å². The smallest absolute Gasteiger partial charge is 0.408 e. The van der Waals surface area contributed by atoms with E-state index < -0.39 is 6.09 Å². The lowest BCUT2D eigenvalue weighted by molar-refractivity contribution is 0.211. The van der Waals surface area contributed by atoms with E-state index in [9.17, 15) is 4.79 Å². The lowest BCUT2D eigenvalue weighted by atomic mass is 10.1. The fourth-order valence-corrected chi connectivity index (χ4v) is 3.07. The van der Waals surface area contributed by atoms with E-state index in [0.29, 0.717) is 23.2 Å². The van der Waals surface area contributed by atoms with E-state index >= 15 is 0 Å². The molecule has 0 spiro atoms. The van der Waals surface area contributed by atoms with Crippen molar-refractivity contribution < 1.29 is 9.53 Å². The number of hydrogen-bond donors (Lipinski definition) is 2. The molecule has 6 nitrogen and oxygen atoms in total. The number of hydrogen-bond acceptors (Lipinski definition) is 4. The molecule has 6 heteroatoms. The molecule has 1 atom stereocenters. The summed E-state index contributed by atoms with van der Waals surface area (Å²) in [6, 6.07) is 4.41. The van der Waals surface area contributed by atoms with Crippen LogP contribution in [-0.4, -0.2) is 40.1 Å². The van der Waals surface area contributed by atoms with Crippen LogP contribution in [0.1, 0.15) is 37.6 Å². The second-order valence-electron chi connectivity index (χ2n) is 6.23. The average molecular weight is 302 g/mol. The summed E-state index contributed by atoms with van der Waals surface area (Å²) in [5.41, 5.74) is 7.56. The maximum atomic E-state index is 11.1. The van der Waals surface area contributed by atoms with Crippen molar-refractivity contribution in [2.75, 3.05) is 13.1 Å². The maximum Gasteiger partial charge on any atom is 0.410 e. The zero-order valence-corrected chi connectivity index (χ0v) is 13.2. The van der Waals surface area contributed by atoms with Crippen molar-refractivity contribution in [2.45, 2.75) is 39.2 Å². The number of nitrogens with two attached hydrogens (primary N) is 1. The molecule has 1 fully saturated rings. The van der Waals surface area contributed by atoms with Crippen molar-refractivity contribution in [1.82, 2.24) is 14.9 Å². The summed E-state index contributed by atoms with van der Waals surface area (Å²) >= 11 is 0. The molecule has 1 aromatic carbocycles. The Kier molecular flexibility index (Phi) is 3.78. The van der Waals surface area contributed by atoms with Crippen LogP contribution in [0.25, 0.3) is 11.0 Å². The van der Waals surface area contributed by atoms with Crippen LogP contribution in [0.2, 0.25) is 0 Å². The van der Waals surface area contributed by atoms with Crippen molar-refractivity contribution in [3.8, 4) is 5.75 Å². The van der Waals surface area contributed by atoms with Crippen molar-refractivity contribution in [1.29, 1.82) is 0 Å². The largest absolute Gasteiger partial charge is 0.410 e. The number of carbonyl (C=O) groups is 1. The summed E-state index contributed by atoms with van der Waals surface area (Å²) < 4.78 is 5.14. The number of aromatic nitrogens is 2. The number of ether oxygens (including phenoxy) is 1. The number of H-pyrrole nitrogens is 1. The highest BCUT2D eigenvalue weighted by Crippen LogP contribution is 2.32. The van der Waals surface area contributed by atoms with Gasteiger partial charge in [0.25, 0.3) is 0 Å². The van der Waals surface area contributed by atoms with Crippen LogP contribution in [0.4, 0.5) is 4.79 Å². The number of aromatic amines is 1. The number of fused-ring (bicyclic) bond motifs is 1. The molecule has 1 aliphatic rings. The quantitative estimate of drug-likeness (QED) is 0.912. The summed E-state index contributed by atoms with van der Waals surface area (Å²) in [4.78, 5) is 21.6. The van der Waals surface area contributed by atoms with Crippen molar-refractivity contribution in [2.24, 2.45) is 5.73 Å². The van der Waals surface area contributed by atoms with Gasteiger partial charge in [0.05, 0.1) is 5.52 Å². The Morgan fingerprint density at radius 3 is 2.91 bits per heavy atom. The van der Waals surface area contributed by atoms with Gasteiger partial charge in [-0.05, 0) is 45.4 Å². The molecule has 0 aliphatic carbocycles. The number of nitrogens with one attached hydrogen (secondary N) is 1. The van der Waals surface area contributed by atoms with Crippen LogP contribution in [-0.2, 0) is 0 Å². The lowest BCUT2D eigenvalue weighted by Crippen LogP contribution is -2.28. The molecule has 0 bridgehead atoms. The predicted molar refractivity (Wildman–Crippen MR) is 85.1 cm³/mol. The van der Waals surface area contributed by atoms with Crippen LogP contribution in [0.5, 0.6) is 5.75 Å². The molecule has 1 saturated heterocycles. The van der Waals surface area contributed by atoms with Gasteiger partial charge in [-0.3, -0.25) is 0 Å². The Bertz CT molecular complexity index is 707. The fraction of sp³-hybridized carbons (Fsp3) is 0.500. The number of imidazole rings is 1. The number of carbonyl (C=O) groups excluding carboxylic acids is 1. The zero-order chi connectivity index (χ0) is 15.9. The fourth-order valence-electron chi connectivity index (χ4n) is 3.07. The number of rotatable bonds is 3. The van der Waals surface area contributed by atoms with Crippen LogP contribution in [0, 0.1) is 6.92 Å². The minimum Gasteiger partial charge on any atom is -0.408 e. The highest BCUT2D eigenvalue weighted by Gasteiger charge is 2.28. The van der Waals surface area contributed by atoms with Gasteiger partial charge in [0.1, 0.15) is 11.3 Å². The SMILES string of the molecule is Cc1ccc2[nH]c(C3CCN(C(C)C)C3)nc2c1OC(N)=O. The third-order valence-electron chi connectivity index (χ3n) is 4.36. The van der Waals surface area contributed by atoms with Gasteiger partial charge in [-0.1, -0.05) is 6.07 Å². The molecule has 1 amide bonds. The Hall–Kier alpha value is -2.08. The minimum absolute atomic E-state index is 0.386. The monoisotopic (exact) mass is 302 g/mol. The molecule has 22 heavy (non-hydrogen) atoms. The van der Waals surface area contributed by atoms with E-state index in [1.807, 2.05) is 19.1 Å². The van der Waals surface area contributed by atoms with E-state index in [0.717, 1.165) is 36.4 Å². The van der Waals surface area contributed by atoms with Crippen LogP contribution in [0.3, 0.4) is 0 Å². The molecule has 1 aromatic heterocycles. The number of nitrogens with zero attached hydrogens (tertiary/aromatic N) is 2. The summed E-state index contributed by atoms with van der Waals surface area (Å²) in [5.74, 6) is 1.79. The Labute approximate surface area is 129 Å². The number of benzene rings is 1. The zero-order valence-electron chi connectivity index (χ0n) is 13.2. The Morgan fingerprint density at radius 2 is 2.27 bits per heavy atom. The molecular formula is C16H22N4O2. The first-order valence-electron chi connectivity index (χ1n) is 7.66. The average Bonchev–Trinajstić information content (AvgIpc) is 3.07. The summed E-state index contributed by atoms with van der Waals surface area (Å²) in [7, 11) is 0. The van der Waals surface area contributed by atoms with Gasteiger partial charge in [0.15, 0.2) is 5.75 Å². The predicted octanol–water partition coefficient (Wildman–Crippen LogP) is 2.53. The molecule has 0 saturated carbocycles. The molecule has 2 aromatic rings. The summed E-state index contributed by atoms with van der Waals surface area (Å²) in [5, 5.41) is 0. The molecule has 2 heterocycles. The molecule has 0 radical (unpaired) electrons. The van der Waals surface area contributed by atoms with Gasteiger partial charge in [0.2, 0.25) is 0 Å². The van der Waals surface area contributed by atoms with Gasteiger partial charge in [0, 0.05) is 18.5 Å². The van der Waals surface area contributed by atoms with Crippen LogP contribution < -0.4 is 10.5 Å². The summed E-state index contributed by atoms with van der Waals surface area (Å²) in [6.07, 6.45) is 0.273. The van der Waals surface area contributed by atoms with Gasteiger partial charge >= 0.3 is 6.09 Å². The van der Waals surface area contributed by atoms with E-state index in [4.69, 9.17) is 10.5 Å². The second-order valence-corrected chi connectivity index (χ2v) is 6.23. The Balaban J connectivity index is 1.95. The molecule has 118 valence electrons. The van der Waals surface area contributed by atoms with Gasteiger partial charge in [-0.25, -0.2) is 9.78 Å². The lowest BCUT2D eigenvalue weighted by Gasteiger charge is -2.19. The standard InChI is InChI=1S/C16H22N4O2/c1-9(2)20-7-6-11(8-20)15-18-12-5-4-10(3)14(13(12)19-15)22-16(17)21/h4-5,9,11H,6-8H2,1-3H3,(H2,17,21)(H,18,19). The highest BCUT2D eigenvalue weighted by atomic mass is 16.5. The van der Waals surface area contributed by atoms with Crippen molar-refractivity contribution in [3.05, 3.63) is 23.5 Å². The Morgan fingerprint density at radius 1 is 1.50 bits per heavy atom. The number of primary amides is 1. The molecule has 1 aliphatic heterocycles. The number of amides is 1. The molecule has 3 N–H and O–H groups in total. The van der Waals surface area contributed by atoms with Crippen LogP contribution in [0.15, 0.2) is 12.1 Å². The highest BCUT2D eigenvalue weighted by molar-refractivity contribution is 5.86. The maximum absolute atomic E-state index is 11.1. The van der Waals surface area contributed by atoms with Crippen LogP contribution >= 0.6 is 0 Å². The molecule has 3 rings (SSSR count). The third kappa shape index (κ3) is 2.66. The number of likely N-dealkylation sites (tertiary alicyclic amines) is 1. The first-order valence-corrected chi connectivity index (χ1v) is 7.66. The van der Waals surface area contributed by atoms with E-state index in [1.54, 1.807) is 0 Å². The minimum atomic E-state index is -0.813. The van der Waals surface area contributed by atoms with Gasteiger partial charge < -0.3 is 20.4 Å². The second kappa shape index (κ2) is 5.61. The summed E-state index contributed by atoms with van der Waals surface area (Å²) in [6.45, 7) is 8.39. The van der Waals surface area contributed by atoms with Crippen molar-refractivity contribution >= 4 is 17.1 Å². The number of aryl methyl sites for hydroxylation is 1.